The largest absolute Gasteiger partial charge is 0.497 e. The van der Waals surface area contributed by atoms with E-state index < -0.39 is 0 Å². The Bertz CT molecular complexity index is 1190. The topological polar surface area (TPSA) is 38.8 Å². The Labute approximate surface area is 194 Å². The van der Waals surface area contributed by atoms with Gasteiger partial charge in [-0.2, -0.15) is 0 Å². The Morgan fingerprint density at radius 3 is 2.45 bits per heavy atom. The number of carbonyl (C=O) groups is 1. The van der Waals surface area contributed by atoms with Gasteiger partial charge in [0.25, 0.3) is 0 Å². The van der Waals surface area contributed by atoms with Crippen LogP contribution < -0.4 is 9.47 Å². The number of carbonyl (C=O) groups excluding carboxylic acids is 1. The predicted molar refractivity (Wildman–Crippen MR) is 132 cm³/mol. The summed E-state index contributed by atoms with van der Waals surface area (Å²) in [5.74, 6) is 1.75. The van der Waals surface area contributed by atoms with Gasteiger partial charge < -0.3 is 14.4 Å². The number of amides is 1. The number of hydrogen-bond donors (Lipinski definition) is 0. The van der Waals surface area contributed by atoms with E-state index in [0.29, 0.717) is 13.1 Å². The molecule has 2 heterocycles. The molecule has 0 bridgehead atoms. The smallest absolute Gasteiger partial charge is 0.246 e. The Kier molecular flexibility index (Phi) is 5.74. The minimum Gasteiger partial charge on any atom is -0.497 e. The van der Waals surface area contributed by atoms with Gasteiger partial charge >= 0.3 is 0 Å². The number of nitrogens with zero attached hydrogens (tertiary/aromatic N) is 1. The molecule has 3 aromatic carbocycles. The first-order valence-corrected chi connectivity index (χ1v) is 11.3. The Hall–Kier alpha value is -3.79. The fourth-order valence-corrected chi connectivity index (χ4v) is 4.44. The van der Waals surface area contributed by atoms with Crippen molar-refractivity contribution in [1.82, 2.24) is 4.90 Å². The van der Waals surface area contributed by atoms with Gasteiger partial charge in [0.05, 0.1) is 7.11 Å². The number of piperidine rings is 1. The monoisotopic (exact) mass is 437 g/mol. The van der Waals surface area contributed by atoms with Gasteiger partial charge in [-0.15, -0.1) is 0 Å². The number of likely N-dealkylation sites (tertiary alicyclic amines) is 1. The molecule has 4 heteroatoms. The maximum atomic E-state index is 12.7. The second kappa shape index (κ2) is 8.99. The lowest BCUT2D eigenvalue weighted by molar-refractivity contribution is -0.128. The lowest BCUT2D eigenvalue weighted by atomic mass is 9.87. The van der Waals surface area contributed by atoms with Gasteiger partial charge in [-0.25, -0.2) is 0 Å². The third kappa shape index (κ3) is 4.56. The number of methoxy groups -OCH3 is 1. The van der Waals surface area contributed by atoms with Crippen LogP contribution in [0, 0.1) is 0 Å². The van der Waals surface area contributed by atoms with E-state index in [2.05, 4.69) is 54.6 Å². The van der Waals surface area contributed by atoms with Crippen LogP contribution in [0.2, 0.25) is 0 Å². The third-order valence-corrected chi connectivity index (χ3v) is 6.45. The van der Waals surface area contributed by atoms with Crippen molar-refractivity contribution in [2.24, 2.45) is 0 Å². The molecule has 2 aliphatic rings. The van der Waals surface area contributed by atoms with Crippen molar-refractivity contribution in [1.29, 1.82) is 0 Å². The molecule has 1 amide bonds. The first-order chi connectivity index (χ1) is 16.1. The quantitative estimate of drug-likeness (QED) is 0.481. The van der Waals surface area contributed by atoms with E-state index in [4.69, 9.17) is 9.47 Å². The molecule has 0 aliphatic carbocycles. The molecule has 3 aromatic rings. The van der Waals surface area contributed by atoms with Crippen molar-refractivity contribution in [2.75, 3.05) is 20.2 Å². The molecule has 0 N–H and O–H groups in total. The number of fused-ring (bicyclic) bond motifs is 1. The van der Waals surface area contributed by atoms with Crippen LogP contribution in [-0.4, -0.2) is 36.6 Å². The number of benzene rings is 3. The van der Waals surface area contributed by atoms with Gasteiger partial charge in [-0.1, -0.05) is 54.6 Å². The summed E-state index contributed by atoms with van der Waals surface area (Å²) in [6, 6.07) is 24.4. The molecule has 0 aromatic heterocycles. The summed E-state index contributed by atoms with van der Waals surface area (Å²) < 4.78 is 11.7. The van der Waals surface area contributed by atoms with Crippen molar-refractivity contribution in [2.45, 2.75) is 18.4 Å². The number of ether oxygens (including phenoxy) is 2. The maximum Gasteiger partial charge on any atom is 0.246 e. The lowest BCUT2D eigenvalue weighted by Crippen LogP contribution is -2.49. The first-order valence-electron chi connectivity index (χ1n) is 11.3. The fraction of sp³-hybridized carbons (Fsp3) is 0.207. The second-order valence-corrected chi connectivity index (χ2v) is 8.55. The maximum absolute atomic E-state index is 12.7. The number of rotatable bonds is 4. The van der Waals surface area contributed by atoms with Crippen LogP contribution in [0.4, 0.5) is 0 Å². The van der Waals surface area contributed by atoms with Crippen LogP contribution in [0.15, 0.2) is 84.9 Å². The Morgan fingerprint density at radius 1 is 0.970 bits per heavy atom. The molecule has 0 radical (unpaired) electrons. The van der Waals surface area contributed by atoms with Crippen molar-refractivity contribution >= 4 is 18.1 Å². The highest BCUT2D eigenvalue weighted by atomic mass is 16.5. The molecule has 166 valence electrons. The normalized spacial score (nSPS) is 16.5. The summed E-state index contributed by atoms with van der Waals surface area (Å²) in [6.45, 7) is 1.35. The van der Waals surface area contributed by atoms with Crippen molar-refractivity contribution in [3.63, 3.8) is 0 Å². The molecule has 0 saturated carbocycles. The van der Waals surface area contributed by atoms with Crippen LogP contribution >= 0.6 is 0 Å². The van der Waals surface area contributed by atoms with E-state index in [1.54, 1.807) is 13.2 Å². The molecule has 2 aliphatic heterocycles. The van der Waals surface area contributed by atoms with Crippen molar-refractivity contribution < 1.29 is 14.3 Å². The zero-order chi connectivity index (χ0) is 22.7. The summed E-state index contributed by atoms with van der Waals surface area (Å²) in [7, 11) is 1.64. The van der Waals surface area contributed by atoms with E-state index in [0.717, 1.165) is 35.5 Å². The van der Waals surface area contributed by atoms with Gasteiger partial charge in [0.1, 0.15) is 17.1 Å². The Morgan fingerprint density at radius 2 is 1.73 bits per heavy atom. The third-order valence-electron chi connectivity index (χ3n) is 6.45. The highest BCUT2D eigenvalue weighted by Gasteiger charge is 2.37. The second-order valence-electron chi connectivity index (χ2n) is 8.55. The molecule has 5 rings (SSSR count). The summed E-state index contributed by atoms with van der Waals surface area (Å²) >= 11 is 0. The van der Waals surface area contributed by atoms with E-state index >= 15 is 0 Å². The average Bonchev–Trinajstić information content (AvgIpc) is 2.88. The van der Waals surface area contributed by atoms with Crippen molar-refractivity contribution in [3.05, 3.63) is 96.1 Å². The SMILES string of the molecule is COc1ccc(/C=C/C(=O)N2CCC3(C=Cc4cc(-c5ccccc5)ccc4O3)CC2)cc1. The minimum atomic E-state index is -0.336. The molecule has 1 saturated heterocycles. The van der Waals surface area contributed by atoms with Gasteiger partial charge in [-0.05, 0) is 53.1 Å². The standard InChI is InChI=1S/C29H27NO3/c1-32-26-11-7-22(8-12-26)9-14-28(31)30-19-17-29(18-20-30)16-15-25-21-24(10-13-27(25)33-29)23-5-3-2-4-6-23/h2-16,21H,17-20H2,1H3/b14-9+. The predicted octanol–water partition coefficient (Wildman–Crippen LogP) is 5.84. The lowest BCUT2D eigenvalue weighted by Gasteiger charge is -2.41. The molecule has 1 spiro atoms. The van der Waals surface area contributed by atoms with Crippen LogP contribution in [0.5, 0.6) is 11.5 Å². The van der Waals surface area contributed by atoms with E-state index in [9.17, 15) is 4.79 Å². The van der Waals surface area contributed by atoms with Gasteiger partial charge in [-0.3, -0.25) is 4.79 Å². The van der Waals surface area contributed by atoms with Gasteiger partial charge in [0, 0.05) is 37.6 Å². The first kappa shape index (κ1) is 21.1. The molecule has 0 atom stereocenters. The molecular weight excluding hydrogens is 410 g/mol. The summed E-state index contributed by atoms with van der Waals surface area (Å²) in [5, 5.41) is 0. The van der Waals surface area contributed by atoms with Crippen LogP contribution in [0.25, 0.3) is 23.3 Å². The van der Waals surface area contributed by atoms with Gasteiger partial charge in [0.15, 0.2) is 0 Å². The fourth-order valence-electron chi connectivity index (χ4n) is 4.44. The average molecular weight is 438 g/mol. The Balaban J connectivity index is 1.22. The summed E-state index contributed by atoms with van der Waals surface area (Å²) in [5.41, 5.74) is 4.12. The van der Waals surface area contributed by atoms with E-state index in [1.165, 1.54) is 11.1 Å². The van der Waals surface area contributed by atoms with Crippen LogP contribution in [-0.2, 0) is 4.79 Å². The zero-order valence-corrected chi connectivity index (χ0v) is 18.7. The van der Waals surface area contributed by atoms with Crippen LogP contribution in [0.1, 0.15) is 24.0 Å². The van der Waals surface area contributed by atoms with Crippen molar-refractivity contribution in [3.8, 4) is 22.6 Å². The molecular formula is C29H27NO3. The molecule has 33 heavy (non-hydrogen) atoms. The van der Waals surface area contributed by atoms with E-state index in [-0.39, 0.29) is 11.5 Å². The highest BCUT2D eigenvalue weighted by Crippen LogP contribution is 2.38. The van der Waals surface area contributed by atoms with Crippen LogP contribution in [0.3, 0.4) is 0 Å². The zero-order valence-electron chi connectivity index (χ0n) is 18.7. The highest BCUT2D eigenvalue weighted by molar-refractivity contribution is 5.91. The summed E-state index contributed by atoms with van der Waals surface area (Å²) in [6.07, 6.45) is 9.42. The number of hydrogen-bond acceptors (Lipinski definition) is 3. The van der Waals surface area contributed by atoms with Gasteiger partial charge in [0.2, 0.25) is 5.91 Å². The molecule has 0 unspecified atom stereocenters. The minimum absolute atomic E-state index is 0.0355. The summed E-state index contributed by atoms with van der Waals surface area (Å²) in [4.78, 5) is 14.6. The molecule has 4 nitrogen and oxygen atoms in total. The molecule has 1 fully saturated rings. The van der Waals surface area contributed by atoms with E-state index in [1.807, 2.05) is 41.3 Å².